The Balaban J connectivity index is 2.05. The maximum Gasteiger partial charge on any atom is 0.119 e. The van der Waals surface area contributed by atoms with E-state index in [9.17, 15) is 5.11 Å². The highest BCUT2D eigenvalue weighted by Gasteiger charge is 2.33. The summed E-state index contributed by atoms with van der Waals surface area (Å²) in [6.45, 7) is 5.49. The van der Waals surface area contributed by atoms with Gasteiger partial charge in [-0.2, -0.15) is 0 Å². The highest BCUT2D eigenvalue weighted by Crippen LogP contribution is 2.35. The monoisotopic (exact) mass is 250 g/mol. The second-order valence-electron chi connectivity index (χ2n) is 4.72. The van der Waals surface area contributed by atoms with Gasteiger partial charge in [-0.25, -0.2) is 0 Å². The lowest BCUT2D eigenvalue weighted by molar-refractivity contribution is 0.0307. The van der Waals surface area contributed by atoms with Crippen molar-refractivity contribution in [2.75, 3.05) is 13.2 Å². The van der Waals surface area contributed by atoms with Crippen LogP contribution in [0.3, 0.4) is 0 Å². The van der Waals surface area contributed by atoms with E-state index in [0.717, 1.165) is 30.8 Å². The lowest BCUT2D eigenvalue weighted by Crippen LogP contribution is -2.21. The zero-order chi connectivity index (χ0) is 13.0. The number of ether oxygens (including phenoxy) is 2. The van der Waals surface area contributed by atoms with Crippen LogP contribution in [0.1, 0.15) is 38.4 Å². The van der Waals surface area contributed by atoms with Gasteiger partial charge < -0.3 is 14.6 Å². The molecule has 1 aromatic rings. The third-order valence-corrected chi connectivity index (χ3v) is 3.60. The van der Waals surface area contributed by atoms with Crippen LogP contribution in [0.5, 0.6) is 5.75 Å². The molecular formula is C15H22O3. The van der Waals surface area contributed by atoms with Crippen LogP contribution >= 0.6 is 0 Å². The van der Waals surface area contributed by atoms with Crippen LogP contribution in [0, 0.1) is 5.92 Å². The molecule has 1 N–H and O–H groups in total. The van der Waals surface area contributed by atoms with Crippen LogP contribution in [0.25, 0.3) is 0 Å². The van der Waals surface area contributed by atoms with Gasteiger partial charge in [0.1, 0.15) is 5.75 Å². The first kappa shape index (κ1) is 13.4. The summed E-state index contributed by atoms with van der Waals surface area (Å²) >= 11 is 0. The first-order valence-electron chi connectivity index (χ1n) is 6.78. The summed E-state index contributed by atoms with van der Waals surface area (Å²) < 4.78 is 11.0. The molecule has 0 aromatic heterocycles. The fraction of sp³-hybridized carbons (Fsp3) is 0.600. The summed E-state index contributed by atoms with van der Waals surface area (Å²) in [6, 6.07) is 7.72. The minimum atomic E-state index is -0.437. The second-order valence-corrected chi connectivity index (χ2v) is 4.72. The Kier molecular flexibility index (Phi) is 4.61. The minimum Gasteiger partial charge on any atom is -0.494 e. The molecule has 0 aliphatic carbocycles. The molecule has 0 saturated carbocycles. The van der Waals surface area contributed by atoms with Gasteiger partial charge in [-0.3, -0.25) is 0 Å². The van der Waals surface area contributed by atoms with Crippen LogP contribution in [0.15, 0.2) is 24.3 Å². The van der Waals surface area contributed by atoms with Crippen molar-refractivity contribution in [2.45, 2.75) is 38.9 Å². The number of aliphatic hydroxyl groups excluding tert-OH is 1. The molecule has 0 radical (unpaired) electrons. The van der Waals surface area contributed by atoms with Gasteiger partial charge in [-0.15, -0.1) is 0 Å². The van der Waals surface area contributed by atoms with E-state index >= 15 is 0 Å². The predicted molar refractivity (Wildman–Crippen MR) is 70.7 cm³/mol. The summed E-state index contributed by atoms with van der Waals surface area (Å²) in [5.41, 5.74) is 0.951. The van der Waals surface area contributed by atoms with Crippen LogP contribution in [-0.2, 0) is 4.74 Å². The van der Waals surface area contributed by atoms with Crippen molar-refractivity contribution in [3.8, 4) is 5.75 Å². The van der Waals surface area contributed by atoms with Gasteiger partial charge in [0.25, 0.3) is 0 Å². The minimum absolute atomic E-state index is 0.187. The summed E-state index contributed by atoms with van der Waals surface area (Å²) in [5, 5.41) is 10.4. The summed E-state index contributed by atoms with van der Waals surface area (Å²) in [7, 11) is 0. The molecular weight excluding hydrogens is 228 g/mol. The highest BCUT2D eigenvalue weighted by molar-refractivity contribution is 5.29. The zero-order valence-corrected chi connectivity index (χ0v) is 11.1. The molecule has 0 bridgehead atoms. The van der Waals surface area contributed by atoms with Crippen molar-refractivity contribution in [2.24, 2.45) is 5.92 Å². The van der Waals surface area contributed by atoms with Crippen molar-refractivity contribution < 1.29 is 14.6 Å². The SMILES string of the molecule is CCOc1ccc(C(O)C2CCOC2CC)cc1. The van der Waals surface area contributed by atoms with E-state index in [0.29, 0.717) is 6.61 Å². The smallest absolute Gasteiger partial charge is 0.119 e. The number of hydrogen-bond acceptors (Lipinski definition) is 3. The van der Waals surface area contributed by atoms with Crippen molar-refractivity contribution in [3.05, 3.63) is 29.8 Å². The number of aliphatic hydroxyl groups is 1. The van der Waals surface area contributed by atoms with E-state index in [2.05, 4.69) is 6.92 Å². The Morgan fingerprint density at radius 1 is 1.33 bits per heavy atom. The Labute approximate surface area is 109 Å². The maximum absolute atomic E-state index is 10.4. The van der Waals surface area contributed by atoms with E-state index in [4.69, 9.17) is 9.47 Å². The molecule has 1 aliphatic heterocycles. The van der Waals surface area contributed by atoms with E-state index in [-0.39, 0.29) is 12.0 Å². The van der Waals surface area contributed by atoms with Crippen LogP contribution < -0.4 is 4.74 Å². The maximum atomic E-state index is 10.4. The van der Waals surface area contributed by atoms with Crippen molar-refractivity contribution >= 4 is 0 Å². The van der Waals surface area contributed by atoms with Gasteiger partial charge in [0.15, 0.2) is 0 Å². The van der Waals surface area contributed by atoms with Crippen molar-refractivity contribution in [1.82, 2.24) is 0 Å². The fourth-order valence-electron chi connectivity index (χ4n) is 2.62. The van der Waals surface area contributed by atoms with Crippen molar-refractivity contribution in [3.63, 3.8) is 0 Å². The van der Waals surface area contributed by atoms with Crippen LogP contribution in [0.4, 0.5) is 0 Å². The first-order valence-corrected chi connectivity index (χ1v) is 6.78. The third-order valence-electron chi connectivity index (χ3n) is 3.60. The topological polar surface area (TPSA) is 38.7 Å². The third kappa shape index (κ3) is 2.85. The number of benzene rings is 1. The lowest BCUT2D eigenvalue weighted by Gasteiger charge is -2.23. The second kappa shape index (κ2) is 6.21. The normalized spacial score (nSPS) is 25.1. The van der Waals surface area contributed by atoms with Crippen LogP contribution in [-0.4, -0.2) is 24.4 Å². The Morgan fingerprint density at radius 2 is 2.06 bits per heavy atom. The molecule has 2 rings (SSSR count). The molecule has 1 aromatic carbocycles. The quantitative estimate of drug-likeness (QED) is 0.873. The molecule has 1 saturated heterocycles. The van der Waals surface area contributed by atoms with E-state index in [1.165, 1.54) is 0 Å². The average molecular weight is 250 g/mol. The zero-order valence-electron chi connectivity index (χ0n) is 11.1. The molecule has 3 heteroatoms. The predicted octanol–water partition coefficient (Wildman–Crippen LogP) is 2.93. The molecule has 0 spiro atoms. The molecule has 1 fully saturated rings. The standard InChI is InChI=1S/C15H22O3/c1-3-14-13(9-10-18-14)15(16)11-5-7-12(8-6-11)17-4-2/h5-8,13-16H,3-4,9-10H2,1-2H3. The Morgan fingerprint density at radius 3 is 2.67 bits per heavy atom. The average Bonchev–Trinajstić information content (AvgIpc) is 2.87. The first-order chi connectivity index (χ1) is 8.76. The van der Waals surface area contributed by atoms with E-state index in [1.54, 1.807) is 0 Å². The fourth-order valence-corrected chi connectivity index (χ4v) is 2.62. The largest absolute Gasteiger partial charge is 0.494 e. The van der Waals surface area contributed by atoms with Gasteiger partial charge in [0.2, 0.25) is 0 Å². The molecule has 3 atom stereocenters. The molecule has 18 heavy (non-hydrogen) atoms. The lowest BCUT2D eigenvalue weighted by atomic mass is 9.89. The molecule has 1 aliphatic rings. The van der Waals surface area contributed by atoms with Gasteiger partial charge >= 0.3 is 0 Å². The van der Waals surface area contributed by atoms with Gasteiger partial charge in [-0.1, -0.05) is 19.1 Å². The van der Waals surface area contributed by atoms with Crippen LogP contribution in [0.2, 0.25) is 0 Å². The summed E-state index contributed by atoms with van der Waals surface area (Å²) in [5.74, 6) is 1.07. The molecule has 100 valence electrons. The summed E-state index contributed by atoms with van der Waals surface area (Å²) in [6.07, 6.45) is 1.64. The Hall–Kier alpha value is -1.06. The molecule has 1 heterocycles. The van der Waals surface area contributed by atoms with Crippen molar-refractivity contribution in [1.29, 1.82) is 0 Å². The van der Waals surface area contributed by atoms with Gasteiger partial charge in [0, 0.05) is 12.5 Å². The van der Waals surface area contributed by atoms with E-state index < -0.39 is 6.10 Å². The van der Waals surface area contributed by atoms with Gasteiger partial charge in [0.05, 0.1) is 18.8 Å². The molecule has 3 unspecified atom stereocenters. The summed E-state index contributed by atoms with van der Waals surface area (Å²) in [4.78, 5) is 0. The number of rotatable bonds is 5. The Bertz CT molecular complexity index is 361. The molecule has 0 amide bonds. The molecule has 3 nitrogen and oxygen atoms in total. The number of hydrogen-bond donors (Lipinski definition) is 1. The van der Waals surface area contributed by atoms with E-state index in [1.807, 2.05) is 31.2 Å². The highest BCUT2D eigenvalue weighted by atomic mass is 16.5. The van der Waals surface area contributed by atoms with Gasteiger partial charge in [-0.05, 0) is 37.5 Å².